The van der Waals surface area contributed by atoms with Gasteiger partial charge in [-0.1, -0.05) is 11.6 Å². The molecule has 0 radical (unpaired) electrons. The number of rotatable bonds is 2. The molecule has 28 heavy (non-hydrogen) atoms. The van der Waals surface area contributed by atoms with E-state index >= 15 is 0 Å². The molecule has 0 aromatic carbocycles. The molecule has 2 aliphatic rings. The highest BCUT2D eigenvalue weighted by Gasteiger charge is 2.46. The van der Waals surface area contributed by atoms with E-state index in [0.717, 1.165) is 34.4 Å². The van der Waals surface area contributed by atoms with E-state index in [1.807, 2.05) is 22.6 Å². The number of H-pyrrole nitrogens is 1. The summed E-state index contributed by atoms with van der Waals surface area (Å²) in [4.78, 5) is 21.6. The van der Waals surface area contributed by atoms with Gasteiger partial charge in [-0.05, 0) is 19.1 Å². The largest absolute Gasteiger partial charge is 0.365 e. The first-order valence-electron chi connectivity index (χ1n) is 9.48. The van der Waals surface area contributed by atoms with Gasteiger partial charge in [-0.15, -0.1) is 0 Å². The van der Waals surface area contributed by atoms with Crippen LogP contribution in [0.3, 0.4) is 0 Å². The number of hydrogen-bond donors (Lipinski definition) is 2. The van der Waals surface area contributed by atoms with Crippen molar-refractivity contribution in [3.8, 4) is 11.3 Å². The first kappa shape index (κ1) is 17.5. The molecule has 3 aromatic heterocycles. The molecule has 2 N–H and O–H groups in total. The molecule has 1 atom stereocenters. The molecule has 9 heteroatoms. The van der Waals surface area contributed by atoms with Gasteiger partial charge >= 0.3 is 6.03 Å². The third kappa shape index (κ3) is 2.67. The Hall–Kier alpha value is -2.58. The lowest BCUT2D eigenvalue weighted by Gasteiger charge is -2.34. The monoisotopic (exact) mass is 400 g/mol. The number of carbonyl (C=O) groups excluding carboxylic acids is 1. The normalized spacial score (nSPS) is 21.4. The van der Waals surface area contributed by atoms with E-state index in [1.165, 1.54) is 0 Å². The number of aromatic amines is 1. The molecule has 1 saturated heterocycles. The molecule has 3 aromatic rings. The number of halogens is 1. The third-order valence-corrected chi connectivity index (χ3v) is 5.86. The minimum Gasteiger partial charge on any atom is -0.365 e. The summed E-state index contributed by atoms with van der Waals surface area (Å²) in [7, 11) is 0. The number of fused-ring (bicyclic) bond motifs is 3. The number of pyridine rings is 1. The summed E-state index contributed by atoms with van der Waals surface area (Å²) in [6.07, 6.45) is 4.29. The molecule has 146 valence electrons. The number of likely N-dealkylation sites (tertiary alicyclic amines) is 1. The molecule has 0 saturated carbocycles. The van der Waals surface area contributed by atoms with Crippen molar-refractivity contribution < 1.29 is 9.53 Å². The molecule has 1 spiro atoms. The number of nitrogens with zero attached hydrogens (tertiary/aromatic N) is 4. The topological polar surface area (TPSA) is 88.1 Å². The molecule has 5 rings (SSSR count). The van der Waals surface area contributed by atoms with Crippen LogP contribution in [0.2, 0.25) is 5.02 Å². The van der Waals surface area contributed by atoms with Crippen LogP contribution in [0, 0.1) is 0 Å². The van der Waals surface area contributed by atoms with Gasteiger partial charge in [0, 0.05) is 42.9 Å². The van der Waals surface area contributed by atoms with Gasteiger partial charge in [-0.2, -0.15) is 5.10 Å². The summed E-state index contributed by atoms with van der Waals surface area (Å²) < 4.78 is 8.22. The number of urea groups is 1. The Kier molecular flexibility index (Phi) is 4.06. The van der Waals surface area contributed by atoms with Crippen LogP contribution in [-0.4, -0.2) is 56.9 Å². The molecule has 8 nitrogen and oxygen atoms in total. The number of ether oxygens (including phenoxy) is 1. The molecule has 1 unspecified atom stereocenters. The number of aromatic nitrogens is 4. The lowest BCUT2D eigenvalue weighted by Crippen LogP contribution is -2.44. The van der Waals surface area contributed by atoms with E-state index in [9.17, 15) is 4.79 Å². The Bertz CT molecular complexity index is 1060. The van der Waals surface area contributed by atoms with Crippen molar-refractivity contribution in [3.05, 3.63) is 35.2 Å². The predicted molar refractivity (Wildman–Crippen MR) is 105 cm³/mol. The number of carbonyl (C=O) groups is 1. The van der Waals surface area contributed by atoms with Crippen LogP contribution in [0.4, 0.5) is 4.79 Å². The number of hydrogen-bond acceptors (Lipinski definition) is 4. The first-order chi connectivity index (χ1) is 13.6. The van der Waals surface area contributed by atoms with Gasteiger partial charge in [0.05, 0.1) is 36.1 Å². The van der Waals surface area contributed by atoms with Gasteiger partial charge in [-0.3, -0.25) is 4.68 Å². The van der Waals surface area contributed by atoms with E-state index in [-0.39, 0.29) is 6.03 Å². The minimum atomic E-state index is -0.502. The van der Waals surface area contributed by atoms with E-state index in [2.05, 4.69) is 21.4 Å². The van der Waals surface area contributed by atoms with Gasteiger partial charge < -0.3 is 19.9 Å². The summed E-state index contributed by atoms with van der Waals surface area (Å²) in [5, 5.41) is 9.18. The second kappa shape index (κ2) is 6.49. The predicted octanol–water partition coefficient (Wildman–Crippen LogP) is 2.74. The maximum Gasteiger partial charge on any atom is 0.317 e. The average Bonchev–Trinajstić information content (AvgIpc) is 3.41. The van der Waals surface area contributed by atoms with Gasteiger partial charge in [0.1, 0.15) is 11.2 Å². The maximum absolute atomic E-state index is 12.3. The lowest BCUT2D eigenvalue weighted by molar-refractivity contribution is -0.0701. The maximum atomic E-state index is 12.3. The van der Waals surface area contributed by atoms with E-state index in [1.54, 1.807) is 12.4 Å². The van der Waals surface area contributed by atoms with Crippen LogP contribution in [0.1, 0.15) is 19.0 Å². The standard InChI is InChI=1S/C19H21ClN6O2/c1-2-21-18(27)25-4-3-19(11-25)16-8-15(24-26(16)5-6-28-19)12-7-13-14(20)10-23-17(13)22-9-12/h7-10H,2-6,11H2,1H3,(H,21,27)(H,22,23). The Morgan fingerprint density at radius 2 is 2.32 bits per heavy atom. The molecule has 5 heterocycles. The fourth-order valence-corrected chi connectivity index (χ4v) is 4.35. The van der Waals surface area contributed by atoms with Crippen molar-refractivity contribution in [1.29, 1.82) is 0 Å². The summed E-state index contributed by atoms with van der Waals surface area (Å²) in [6.45, 7) is 5.01. The fourth-order valence-electron chi connectivity index (χ4n) is 4.15. The zero-order chi connectivity index (χ0) is 19.3. The smallest absolute Gasteiger partial charge is 0.317 e. The van der Waals surface area contributed by atoms with E-state index in [4.69, 9.17) is 21.4 Å². The summed E-state index contributed by atoms with van der Waals surface area (Å²) >= 11 is 6.24. The minimum absolute atomic E-state index is 0.0448. The third-order valence-electron chi connectivity index (χ3n) is 5.55. The van der Waals surface area contributed by atoms with Gasteiger partial charge in [0.25, 0.3) is 0 Å². The molecule has 2 amide bonds. The van der Waals surface area contributed by atoms with Crippen LogP contribution in [0.25, 0.3) is 22.3 Å². The average molecular weight is 401 g/mol. The summed E-state index contributed by atoms with van der Waals surface area (Å²) in [5.41, 5.74) is 3.01. The number of nitrogens with one attached hydrogen (secondary N) is 2. The SMILES string of the molecule is CCNC(=O)N1CCC2(C1)OCCn1nc(-c3cnc4[nH]cc(Cl)c4c3)cc12. The zero-order valence-electron chi connectivity index (χ0n) is 15.5. The highest BCUT2D eigenvalue weighted by molar-refractivity contribution is 6.35. The molecule has 0 bridgehead atoms. The summed E-state index contributed by atoms with van der Waals surface area (Å²) in [5.74, 6) is 0. The van der Waals surface area contributed by atoms with Crippen LogP contribution in [-0.2, 0) is 16.9 Å². The number of amides is 2. The molecular weight excluding hydrogens is 380 g/mol. The van der Waals surface area contributed by atoms with E-state index < -0.39 is 5.60 Å². The zero-order valence-corrected chi connectivity index (χ0v) is 16.3. The van der Waals surface area contributed by atoms with Crippen molar-refractivity contribution in [2.45, 2.75) is 25.5 Å². The Balaban J connectivity index is 1.50. The first-order valence-corrected chi connectivity index (χ1v) is 9.85. The Labute approximate surface area is 166 Å². The molecule has 2 aliphatic heterocycles. The van der Waals surface area contributed by atoms with Crippen molar-refractivity contribution in [3.63, 3.8) is 0 Å². The lowest BCUT2D eigenvalue weighted by atomic mass is 9.96. The van der Waals surface area contributed by atoms with Gasteiger partial charge in [0.15, 0.2) is 0 Å². The molecular formula is C19H21ClN6O2. The van der Waals surface area contributed by atoms with Crippen LogP contribution in [0.5, 0.6) is 0 Å². The van der Waals surface area contributed by atoms with Crippen molar-refractivity contribution >= 4 is 28.7 Å². The van der Waals surface area contributed by atoms with Crippen molar-refractivity contribution in [2.24, 2.45) is 0 Å². The molecule has 1 fully saturated rings. The molecule has 0 aliphatic carbocycles. The summed E-state index contributed by atoms with van der Waals surface area (Å²) in [6, 6.07) is 4.01. The van der Waals surface area contributed by atoms with E-state index in [0.29, 0.717) is 37.8 Å². The Morgan fingerprint density at radius 1 is 1.43 bits per heavy atom. The van der Waals surface area contributed by atoms with Gasteiger partial charge in [0.2, 0.25) is 0 Å². The Morgan fingerprint density at radius 3 is 3.18 bits per heavy atom. The van der Waals surface area contributed by atoms with Crippen molar-refractivity contribution in [2.75, 3.05) is 26.2 Å². The van der Waals surface area contributed by atoms with Crippen molar-refractivity contribution in [1.82, 2.24) is 30.0 Å². The second-order valence-corrected chi connectivity index (χ2v) is 7.65. The fraction of sp³-hybridized carbons (Fsp3) is 0.421. The quantitative estimate of drug-likeness (QED) is 0.692. The van der Waals surface area contributed by atoms with Crippen LogP contribution in [0.15, 0.2) is 24.5 Å². The highest BCUT2D eigenvalue weighted by atomic mass is 35.5. The van der Waals surface area contributed by atoms with Gasteiger partial charge in [-0.25, -0.2) is 9.78 Å². The highest BCUT2D eigenvalue weighted by Crippen LogP contribution is 2.40. The van der Waals surface area contributed by atoms with Crippen LogP contribution < -0.4 is 5.32 Å². The second-order valence-electron chi connectivity index (χ2n) is 7.24. The van der Waals surface area contributed by atoms with Crippen LogP contribution >= 0.6 is 11.6 Å².